The van der Waals surface area contributed by atoms with Gasteiger partial charge in [0.25, 0.3) is 5.91 Å². The first-order chi connectivity index (χ1) is 10.0. The molecule has 21 heavy (non-hydrogen) atoms. The maximum atomic E-state index is 12.2. The van der Waals surface area contributed by atoms with Crippen LogP contribution in [0.2, 0.25) is 0 Å². The lowest BCUT2D eigenvalue weighted by atomic mass is 10.1. The van der Waals surface area contributed by atoms with Crippen molar-refractivity contribution in [1.29, 1.82) is 0 Å². The number of halogens is 1. The number of methoxy groups -OCH3 is 2. The monoisotopic (exact) mass is 350 g/mol. The molecule has 0 heterocycles. The summed E-state index contributed by atoms with van der Waals surface area (Å²) in [6, 6.07) is 10.2. The molecule has 0 spiro atoms. The van der Waals surface area contributed by atoms with Crippen molar-refractivity contribution in [2.75, 3.05) is 25.3 Å². The molecule has 2 rings (SSSR count). The van der Waals surface area contributed by atoms with Crippen LogP contribution in [-0.2, 0) is 0 Å². The van der Waals surface area contributed by atoms with Gasteiger partial charge in [0.15, 0.2) is 0 Å². The molecule has 0 unspecified atom stereocenters. The van der Waals surface area contributed by atoms with Gasteiger partial charge in [-0.15, -0.1) is 0 Å². The summed E-state index contributed by atoms with van der Waals surface area (Å²) in [6.07, 6.45) is 0. The predicted octanol–water partition coefficient (Wildman–Crippen LogP) is 3.30. The van der Waals surface area contributed by atoms with E-state index in [1.807, 2.05) is 6.07 Å². The van der Waals surface area contributed by atoms with Crippen LogP contribution in [0.5, 0.6) is 11.5 Å². The molecule has 0 atom stereocenters. The Hall–Kier alpha value is -2.21. The minimum Gasteiger partial charge on any atom is -0.497 e. The van der Waals surface area contributed by atoms with E-state index < -0.39 is 0 Å². The Morgan fingerprint density at radius 2 is 1.90 bits per heavy atom. The minimum atomic E-state index is -0.256. The summed E-state index contributed by atoms with van der Waals surface area (Å²) in [5.74, 6) is 0.859. The zero-order valence-electron chi connectivity index (χ0n) is 11.6. The van der Waals surface area contributed by atoms with Crippen molar-refractivity contribution in [2.24, 2.45) is 0 Å². The summed E-state index contributed by atoms with van der Waals surface area (Å²) in [5.41, 5.74) is 7.30. The highest BCUT2D eigenvalue weighted by atomic mass is 79.9. The number of benzene rings is 2. The highest BCUT2D eigenvalue weighted by Crippen LogP contribution is 2.26. The third-order valence-electron chi connectivity index (χ3n) is 2.86. The Kier molecular flexibility index (Phi) is 4.70. The number of amides is 1. The molecule has 0 aromatic heterocycles. The summed E-state index contributed by atoms with van der Waals surface area (Å²) >= 11 is 3.36. The van der Waals surface area contributed by atoms with E-state index in [0.29, 0.717) is 28.4 Å². The lowest BCUT2D eigenvalue weighted by Crippen LogP contribution is -2.12. The first-order valence-electron chi connectivity index (χ1n) is 6.13. The quantitative estimate of drug-likeness (QED) is 0.829. The van der Waals surface area contributed by atoms with Gasteiger partial charge in [-0.2, -0.15) is 0 Å². The van der Waals surface area contributed by atoms with Crippen LogP contribution in [-0.4, -0.2) is 20.1 Å². The smallest absolute Gasteiger partial charge is 0.255 e. The number of anilines is 2. The van der Waals surface area contributed by atoms with Crippen LogP contribution in [0.25, 0.3) is 0 Å². The fourth-order valence-electron chi connectivity index (χ4n) is 1.81. The number of hydrogen-bond acceptors (Lipinski definition) is 4. The van der Waals surface area contributed by atoms with Gasteiger partial charge in [0.05, 0.1) is 19.9 Å². The normalized spacial score (nSPS) is 10.0. The molecule has 3 N–H and O–H groups in total. The molecule has 110 valence electrons. The number of nitrogen functional groups attached to an aromatic ring is 1. The number of hydrogen-bond donors (Lipinski definition) is 2. The number of ether oxygens (including phenoxy) is 2. The van der Waals surface area contributed by atoms with E-state index in [9.17, 15) is 4.79 Å². The Bertz CT molecular complexity index is 674. The Balaban J connectivity index is 2.23. The van der Waals surface area contributed by atoms with Gasteiger partial charge < -0.3 is 20.5 Å². The fourth-order valence-corrected chi connectivity index (χ4v) is 2.28. The fraction of sp³-hybridized carbons (Fsp3) is 0.133. The van der Waals surface area contributed by atoms with E-state index in [4.69, 9.17) is 15.2 Å². The minimum absolute atomic E-state index is 0.256. The summed E-state index contributed by atoms with van der Waals surface area (Å²) in [7, 11) is 3.07. The summed E-state index contributed by atoms with van der Waals surface area (Å²) in [5, 5.41) is 2.80. The van der Waals surface area contributed by atoms with Crippen LogP contribution in [0.15, 0.2) is 40.9 Å². The predicted molar refractivity (Wildman–Crippen MR) is 86.1 cm³/mol. The van der Waals surface area contributed by atoms with E-state index in [2.05, 4.69) is 21.2 Å². The van der Waals surface area contributed by atoms with Crippen molar-refractivity contribution in [1.82, 2.24) is 0 Å². The molecule has 6 heteroatoms. The molecule has 0 aliphatic carbocycles. The van der Waals surface area contributed by atoms with E-state index in [-0.39, 0.29) is 5.91 Å². The first-order valence-corrected chi connectivity index (χ1v) is 6.92. The number of carbonyl (C=O) groups excluding carboxylic acids is 1. The lowest BCUT2D eigenvalue weighted by molar-refractivity contribution is 0.102. The van der Waals surface area contributed by atoms with Crippen molar-refractivity contribution < 1.29 is 14.3 Å². The van der Waals surface area contributed by atoms with Crippen molar-refractivity contribution in [3.05, 3.63) is 46.4 Å². The average Bonchev–Trinajstić information content (AvgIpc) is 2.46. The molecule has 0 radical (unpaired) electrons. The highest BCUT2D eigenvalue weighted by molar-refractivity contribution is 9.10. The maximum absolute atomic E-state index is 12.2. The number of nitrogens with two attached hydrogens (primary N) is 1. The molecule has 1 amide bonds. The zero-order valence-corrected chi connectivity index (χ0v) is 13.2. The second-order valence-corrected chi connectivity index (χ2v) is 5.21. The van der Waals surface area contributed by atoms with Gasteiger partial charge >= 0.3 is 0 Å². The third-order valence-corrected chi connectivity index (χ3v) is 3.32. The summed E-state index contributed by atoms with van der Waals surface area (Å²) in [6.45, 7) is 0. The topological polar surface area (TPSA) is 73.6 Å². The molecule has 0 bridgehead atoms. The Labute approximate surface area is 131 Å². The van der Waals surface area contributed by atoms with Crippen LogP contribution in [0.3, 0.4) is 0 Å². The van der Waals surface area contributed by atoms with Crippen molar-refractivity contribution in [3.8, 4) is 11.5 Å². The number of nitrogens with one attached hydrogen (secondary N) is 1. The SMILES string of the molecule is COc1cc(Br)cc(NC(=O)c2ccc(N)c(OC)c2)c1. The first kappa shape index (κ1) is 15.2. The van der Waals surface area contributed by atoms with Crippen LogP contribution in [0.1, 0.15) is 10.4 Å². The molecule has 0 aliphatic heterocycles. The molecule has 2 aromatic rings. The summed E-state index contributed by atoms with van der Waals surface area (Å²) in [4.78, 5) is 12.2. The molecular formula is C15H15BrN2O3. The van der Waals surface area contributed by atoms with E-state index in [1.165, 1.54) is 7.11 Å². The molecular weight excluding hydrogens is 336 g/mol. The molecule has 0 fully saturated rings. The maximum Gasteiger partial charge on any atom is 0.255 e. The Morgan fingerprint density at radius 1 is 1.14 bits per heavy atom. The second kappa shape index (κ2) is 6.49. The van der Waals surface area contributed by atoms with E-state index >= 15 is 0 Å². The van der Waals surface area contributed by atoms with Gasteiger partial charge in [-0.3, -0.25) is 4.79 Å². The standard InChI is InChI=1S/C15H15BrN2O3/c1-20-12-7-10(16)6-11(8-12)18-15(19)9-3-4-13(17)14(5-9)21-2/h3-8H,17H2,1-2H3,(H,18,19). The van der Waals surface area contributed by atoms with Crippen LogP contribution >= 0.6 is 15.9 Å². The molecule has 2 aromatic carbocycles. The average molecular weight is 351 g/mol. The Morgan fingerprint density at radius 3 is 2.57 bits per heavy atom. The second-order valence-electron chi connectivity index (χ2n) is 4.29. The summed E-state index contributed by atoms with van der Waals surface area (Å²) < 4.78 is 11.1. The van der Waals surface area contributed by atoms with Crippen molar-refractivity contribution in [2.45, 2.75) is 0 Å². The molecule has 0 saturated heterocycles. The van der Waals surface area contributed by atoms with Gasteiger partial charge in [0.1, 0.15) is 11.5 Å². The van der Waals surface area contributed by atoms with Gasteiger partial charge in [0.2, 0.25) is 0 Å². The largest absolute Gasteiger partial charge is 0.497 e. The van der Waals surface area contributed by atoms with Gasteiger partial charge in [-0.05, 0) is 30.3 Å². The van der Waals surface area contributed by atoms with E-state index in [0.717, 1.165) is 4.47 Å². The van der Waals surface area contributed by atoms with Gasteiger partial charge in [-0.25, -0.2) is 0 Å². The van der Waals surface area contributed by atoms with Crippen LogP contribution in [0.4, 0.5) is 11.4 Å². The van der Waals surface area contributed by atoms with Crippen molar-refractivity contribution in [3.63, 3.8) is 0 Å². The molecule has 5 nitrogen and oxygen atoms in total. The number of carbonyl (C=O) groups is 1. The number of rotatable bonds is 4. The molecule has 0 saturated carbocycles. The zero-order chi connectivity index (χ0) is 15.4. The third kappa shape index (κ3) is 3.66. The van der Waals surface area contributed by atoms with Crippen LogP contribution < -0.4 is 20.5 Å². The lowest BCUT2D eigenvalue weighted by Gasteiger charge is -2.10. The molecule has 0 aliphatic rings. The van der Waals surface area contributed by atoms with Crippen LogP contribution in [0, 0.1) is 0 Å². The highest BCUT2D eigenvalue weighted by Gasteiger charge is 2.10. The van der Waals surface area contributed by atoms with Gasteiger partial charge in [-0.1, -0.05) is 15.9 Å². The van der Waals surface area contributed by atoms with E-state index in [1.54, 1.807) is 37.4 Å². The van der Waals surface area contributed by atoms with Gasteiger partial charge in [0, 0.05) is 21.8 Å². The van der Waals surface area contributed by atoms with Crippen molar-refractivity contribution >= 4 is 33.2 Å².